The van der Waals surface area contributed by atoms with E-state index in [4.69, 9.17) is 34.3 Å². The molecule has 0 radical (unpaired) electrons. The molecule has 2 fully saturated rings. The van der Waals surface area contributed by atoms with Gasteiger partial charge in [-0.15, -0.1) is 0 Å². The van der Waals surface area contributed by atoms with Crippen LogP contribution >= 0.6 is 23.8 Å². The number of sulfonamides is 1. The first-order valence-electron chi connectivity index (χ1n) is 6.63. The van der Waals surface area contributed by atoms with Gasteiger partial charge < -0.3 is 10.5 Å². The Balaban J connectivity index is 1.91. The van der Waals surface area contributed by atoms with E-state index < -0.39 is 10.0 Å². The minimum absolute atomic E-state index is 0.00453. The zero-order valence-electron chi connectivity index (χ0n) is 11.2. The monoisotopic (exact) mass is 346 g/mol. The van der Waals surface area contributed by atoms with Crippen LogP contribution < -0.4 is 5.73 Å². The molecule has 114 valence electrons. The summed E-state index contributed by atoms with van der Waals surface area (Å²) in [5.74, 6) is 0. The van der Waals surface area contributed by atoms with Gasteiger partial charge in [-0.25, -0.2) is 8.42 Å². The third-order valence-electron chi connectivity index (χ3n) is 3.85. The van der Waals surface area contributed by atoms with Gasteiger partial charge in [-0.2, -0.15) is 4.31 Å². The molecular weight excluding hydrogens is 332 g/mol. The molecule has 2 N–H and O–H groups in total. The summed E-state index contributed by atoms with van der Waals surface area (Å²) in [6.07, 6.45) is 1.84. The van der Waals surface area contributed by atoms with Crippen LogP contribution in [0.15, 0.2) is 23.1 Å². The summed E-state index contributed by atoms with van der Waals surface area (Å²) in [7, 11) is -3.57. The van der Waals surface area contributed by atoms with E-state index in [0.29, 0.717) is 18.7 Å². The smallest absolute Gasteiger partial charge is 0.243 e. The summed E-state index contributed by atoms with van der Waals surface area (Å²) in [6, 6.07) is 4.45. The number of nitrogens with two attached hydrogens (primary N) is 1. The predicted octanol–water partition coefficient (Wildman–Crippen LogP) is 1.53. The van der Waals surface area contributed by atoms with Crippen molar-refractivity contribution in [3.05, 3.63) is 28.8 Å². The lowest BCUT2D eigenvalue weighted by Crippen LogP contribution is -2.45. The molecule has 2 aliphatic heterocycles. The largest absolute Gasteiger partial charge is 0.389 e. The molecule has 1 aromatic carbocycles. The molecule has 0 aromatic heterocycles. The summed E-state index contributed by atoms with van der Waals surface area (Å²) in [5.41, 5.74) is 6.01. The first-order valence-corrected chi connectivity index (χ1v) is 8.85. The number of morpholine rings is 1. The fourth-order valence-electron chi connectivity index (χ4n) is 2.78. The number of rotatable bonds is 3. The van der Waals surface area contributed by atoms with Crippen LogP contribution in [0.3, 0.4) is 0 Å². The molecule has 3 rings (SSSR count). The molecule has 21 heavy (non-hydrogen) atoms. The summed E-state index contributed by atoms with van der Waals surface area (Å²) < 4.78 is 32.5. The molecule has 2 atom stereocenters. The van der Waals surface area contributed by atoms with Crippen LogP contribution in [0.4, 0.5) is 0 Å². The molecule has 2 saturated heterocycles. The molecule has 8 heteroatoms. The maximum absolute atomic E-state index is 12.7. The van der Waals surface area contributed by atoms with Gasteiger partial charge in [0.1, 0.15) is 4.99 Å². The van der Waals surface area contributed by atoms with Gasteiger partial charge in [0.25, 0.3) is 0 Å². The first-order chi connectivity index (χ1) is 9.88. The maximum Gasteiger partial charge on any atom is 0.243 e. The van der Waals surface area contributed by atoms with Crippen LogP contribution in [0, 0.1) is 0 Å². The maximum atomic E-state index is 12.7. The van der Waals surface area contributed by atoms with Gasteiger partial charge in [-0.3, -0.25) is 0 Å². The van der Waals surface area contributed by atoms with E-state index in [-0.39, 0.29) is 27.1 Å². The molecule has 2 bridgehead atoms. The lowest BCUT2D eigenvalue weighted by atomic mass is 10.2. The zero-order chi connectivity index (χ0) is 15.2. The Hall–Kier alpha value is -0.730. The topological polar surface area (TPSA) is 72.6 Å². The summed E-state index contributed by atoms with van der Waals surface area (Å²) in [4.78, 5) is 0.308. The van der Waals surface area contributed by atoms with Crippen LogP contribution in [-0.4, -0.2) is 43.0 Å². The van der Waals surface area contributed by atoms with Gasteiger partial charge in [0, 0.05) is 18.7 Å². The minimum Gasteiger partial charge on any atom is -0.389 e. The highest BCUT2D eigenvalue weighted by Gasteiger charge is 2.39. The van der Waals surface area contributed by atoms with Crippen LogP contribution in [0.2, 0.25) is 5.02 Å². The van der Waals surface area contributed by atoms with Gasteiger partial charge in [0.15, 0.2) is 0 Å². The molecule has 0 amide bonds. The Bertz CT molecular complexity index is 681. The summed E-state index contributed by atoms with van der Waals surface area (Å²) >= 11 is 10.9. The van der Waals surface area contributed by atoms with Crippen LogP contribution in [0.1, 0.15) is 18.4 Å². The number of benzene rings is 1. The molecule has 0 aliphatic carbocycles. The van der Waals surface area contributed by atoms with E-state index in [2.05, 4.69) is 0 Å². The fourth-order valence-corrected chi connectivity index (χ4v) is 4.89. The third-order valence-corrected chi connectivity index (χ3v) is 6.21. The molecule has 5 nitrogen and oxygen atoms in total. The number of hydrogen-bond donors (Lipinski definition) is 1. The minimum atomic E-state index is -3.57. The average Bonchev–Trinajstić information content (AvgIpc) is 2.76. The Labute approximate surface area is 134 Å². The second kappa shape index (κ2) is 5.48. The van der Waals surface area contributed by atoms with E-state index in [0.717, 1.165) is 12.8 Å². The molecule has 0 saturated carbocycles. The highest BCUT2D eigenvalue weighted by molar-refractivity contribution is 7.89. The van der Waals surface area contributed by atoms with Crippen LogP contribution in [0.5, 0.6) is 0 Å². The average molecular weight is 347 g/mol. The quantitative estimate of drug-likeness (QED) is 0.840. The van der Waals surface area contributed by atoms with Gasteiger partial charge in [-0.05, 0) is 31.0 Å². The second-order valence-electron chi connectivity index (χ2n) is 5.29. The van der Waals surface area contributed by atoms with Crippen molar-refractivity contribution in [2.75, 3.05) is 13.1 Å². The number of nitrogens with zero attached hydrogens (tertiary/aromatic N) is 1. The van der Waals surface area contributed by atoms with Crippen molar-refractivity contribution < 1.29 is 13.2 Å². The predicted molar refractivity (Wildman–Crippen MR) is 84.0 cm³/mol. The lowest BCUT2D eigenvalue weighted by Gasteiger charge is -2.31. The van der Waals surface area contributed by atoms with E-state index >= 15 is 0 Å². The Morgan fingerprint density at radius 1 is 1.33 bits per heavy atom. The first kappa shape index (κ1) is 15.2. The molecular formula is C13H15ClN2O3S2. The van der Waals surface area contributed by atoms with Gasteiger partial charge >= 0.3 is 0 Å². The number of halogens is 1. The number of thiocarbonyl (C=S) groups is 1. The van der Waals surface area contributed by atoms with Crippen molar-refractivity contribution in [3.8, 4) is 0 Å². The van der Waals surface area contributed by atoms with E-state index in [1.165, 1.54) is 16.4 Å². The van der Waals surface area contributed by atoms with E-state index in [1.54, 1.807) is 6.07 Å². The molecule has 2 aliphatic rings. The molecule has 0 spiro atoms. The number of fused-ring (bicyclic) bond motifs is 2. The van der Waals surface area contributed by atoms with E-state index in [9.17, 15) is 8.42 Å². The van der Waals surface area contributed by atoms with E-state index in [1.807, 2.05) is 0 Å². The Morgan fingerprint density at radius 2 is 1.95 bits per heavy atom. The van der Waals surface area contributed by atoms with Crippen LogP contribution in [-0.2, 0) is 14.8 Å². The summed E-state index contributed by atoms with van der Waals surface area (Å²) in [5, 5.41) is 0.250. The van der Waals surface area contributed by atoms with Crippen molar-refractivity contribution in [1.29, 1.82) is 0 Å². The van der Waals surface area contributed by atoms with Crippen molar-refractivity contribution in [2.24, 2.45) is 5.73 Å². The van der Waals surface area contributed by atoms with Gasteiger partial charge in [0.2, 0.25) is 10.0 Å². The Morgan fingerprint density at radius 3 is 2.48 bits per heavy atom. The molecule has 2 unspecified atom stereocenters. The Kier molecular flexibility index (Phi) is 3.96. The number of ether oxygens (including phenoxy) is 1. The third kappa shape index (κ3) is 2.80. The second-order valence-corrected chi connectivity index (χ2v) is 8.07. The fraction of sp³-hybridized carbons (Fsp3) is 0.462. The van der Waals surface area contributed by atoms with Gasteiger partial charge in [0.05, 0.1) is 22.1 Å². The lowest BCUT2D eigenvalue weighted by molar-refractivity contribution is -0.0114. The SMILES string of the molecule is NC(=S)c1ccc(S(=O)(=O)N2CC3CCC(C2)O3)cc1Cl. The van der Waals surface area contributed by atoms with Crippen molar-refractivity contribution in [1.82, 2.24) is 4.31 Å². The van der Waals surface area contributed by atoms with Crippen molar-refractivity contribution in [2.45, 2.75) is 29.9 Å². The number of hydrogen-bond acceptors (Lipinski definition) is 4. The van der Waals surface area contributed by atoms with Crippen LogP contribution in [0.25, 0.3) is 0 Å². The highest BCUT2D eigenvalue weighted by atomic mass is 35.5. The standard InChI is InChI=1S/C13H15ClN2O3S2/c14-12-5-10(3-4-11(12)13(15)20)21(17,18)16-6-8-1-2-9(7-16)19-8/h3-5,8-9H,1-2,6-7H2,(H2,15,20). The molecule has 2 heterocycles. The zero-order valence-corrected chi connectivity index (χ0v) is 13.5. The summed E-state index contributed by atoms with van der Waals surface area (Å²) in [6.45, 7) is 0.793. The van der Waals surface area contributed by atoms with Crippen molar-refractivity contribution >= 4 is 38.8 Å². The molecule has 1 aromatic rings. The van der Waals surface area contributed by atoms with Gasteiger partial charge in [-0.1, -0.05) is 23.8 Å². The van der Waals surface area contributed by atoms with Crippen molar-refractivity contribution in [3.63, 3.8) is 0 Å². The normalized spacial score (nSPS) is 26.0. The highest BCUT2D eigenvalue weighted by Crippen LogP contribution is 2.31.